The number of benzene rings is 2. The van der Waals surface area contributed by atoms with E-state index in [1.807, 2.05) is 30.3 Å². The third-order valence-corrected chi connectivity index (χ3v) is 7.92. The third kappa shape index (κ3) is 6.60. The highest BCUT2D eigenvalue weighted by Crippen LogP contribution is 2.42. The maximum Gasteiger partial charge on any atom is 0.416 e. The molecule has 5 rings (SSSR count). The molecule has 2 atom stereocenters. The van der Waals surface area contributed by atoms with Crippen LogP contribution in [0.3, 0.4) is 0 Å². The summed E-state index contributed by atoms with van der Waals surface area (Å²) in [5, 5.41) is 5.56. The lowest BCUT2D eigenvalue weighted by atomic mass is 9.91. The number of hydrogen-bond acceptors (Lipinski definition) is 5. The van der Waals surface area contributed by atoms with Gasteiger partial charge in [0.15, 0.2) is 0 Å². The van der Waals surface area contributed by atoms with Gasteiger partial charge in [-0.3, -0.25) is 19.4 Å². The van der Waals surface area contributed by atoms with Gasteiger partial charge in [0.1, 0.15) is 6.04 Å². The molecule has 0 saturated carbocycles. The van der Waals surface area contributed by atoms with Crippen LogP contribution in [0.1, 0.15) is 22.7 Å². The molecular weight excluding hydrogens is 563 g/mol. The summed E-state index contributed by atoms with van der Waals surface area (Å²) in [6, 6.07) is 11.1. The van der Waals surface area contributed by atoms with Crippen LogP contribution in [0.4, 0.5) is 18.0 Å². The third-order valence-electron chi connectivity index (χ3n) is 7.92. The number of nitrogens with one attached hydrogen (secondary N) is 2. The second kappa shape index (κ2) is 13.0. The van der Waals surface area contributed by atoms with Crippen LogP contribution in [0.15, 0.2) is 78.5 Å². The number of hydrogen-bond donors (Lipinski definition) is 2. The first-order valence-electron chi connectivity index (χ1n) is 14.2. The molecule has 2 N–H and O–H groups in total. The van der Waals surface area contributed by atoms with E-state index >= 15 is 0 Å². The van der Waals surface area contributed by atoms with Gasteiger partial charge in [0.2, 0.25) is 5.91 Å². The molecule has 1 saturated heterocycles. The Hall–Kier alpha value is -4.16. The van der Waals surface area contributed by atoms with Gasteiger partial charge in [-0.1, -0.05) is 54.6 Å². The standard InChI is InChI=1S/C31H34F3N5O4/c1-2-13-38-25-20-39(29(41)26(25)27(36-30(38)42)22-10-6-7-11-23(22)31(32,33)34)24(19-21-8-4-3-5-9-21)28(40)35-12-14-37-15-17-43-18-16-37/h2-11,24,27H,1,12-20H2,(H,35,40)(H,36,42)/t24-,27-/m1/s1. The number of ether oxygens (including phenoxy) is 1. The quantitative estimate of drug-likeness (QED) is 0.411. The van der Waals surface area contributed by atoms with E-state index in [0.717, 1.165) is 24.7 Å². The summed E-state index contributed by atoms with van der Waals surface area (Å²) in [7, 11) is 0. The van der Waals surface area contributed by atoms with Crippen molar-refractivity contribution >= 4 is 17.8 Å². The smallest absolute Gasteiger partial charge is 0.379 e. The molecule has 9 nitrogen and oxygen atoms in total. The van der Waals surface area contributed by atoms with Gasteiger partial charge in [0.05, 0.1) is 42.6 Å². The van der Waals surface area contributed by atoms with Gasteiger partial charge in [-0.2, -0.15) is 13.2 Å². The highest BCUT2D eigenvalue weighted by Gasteiger charge is 2.48. The van der Waals surface area contributed by atoms with Crippen molar-refractivity contribution in [1.82, 2.24) is 25.3 Å². The lowest BCUT2D eigenvalue weighted by Crippen LogP contribution is -2.51. The van der Waals surface area contributed by atoms with Crippen LogP contribution >= 0.6 is 0 Å². The normalized spacial score (nSPS) is 20.1. The summed E-state index contributed by atoms with van der Waals surface area (Å²) in [6.45, 7) is 7.32. The summed E-state index contributed by atoms with van der Waals surface area (Å²) >= 11 is 0. The SMILES string of the molecule is C=CCN1C(=O)N[C@H](c2ccccc2C(F)(F)F)C2=C1CN([C@H](Cc1ccccc1)C(=O)NCCN1CCOCC1)C2=O. The van der Waals surface area contributed by atoms with E-state index < -0.39 is 35.8 Å². The first-order valence-corrected chi connectivity index (χ1v) is 14.2. The highest BCUT2D eigenvalue weighted by molar-refractivity contribution is 6.03. The molecule has 2 aromatic rings. The molecule has 0 aromatic heterocycles. The molecule has 4 amide bonds. The number of halogens is 3. The monoisotopic (exact) mass is 597 g/mol. The fraction of sp³-hybridized carbons (Fsp3) is 0.387. The van der Waals surface area contributed by atoms with E-state index in [0.29, 0.717) is 26.3 Å². The Bertz CT molecular complexity index is 1390. The van der Waals surface area contributed by atoms with Crippen LogP contribution in [-0.4, -0.2) is 91.1 Å². The Morgan fingerprint density at radius 1 is 1.09 bits per heavy atom. The molecule has 0 unspecified atom stereocenters. The number of rotatable bonds is 10. The lowest BCUT2D eigenvalue weighted by Gasteiger charge is -2.33. The summed E-state index contributed by atoms with van der Waals surface area (Å²) < 4.78 is 47.5. The molecule has 3 heterocycles. The minimum Gasteiger partial charge on any atom is -0.379 e. The summed E-state index contributed by atoms with van der Waals surface area (Å²) in [5.74, 6) is -0.984. The second-order valence-corrected chi connectivity index (χ2v) is 10.6. The fourth-order valence-corrected chi connectivity index (χ4v) is 5.79. The molecule has 3 aliphatic rings. The van der Waals surface area contributed by atoms with Crippen molar-refractivity contribution in [3.63, 3.8) is 0 Å². The fourth-order valence-electron chi connectivity index (χ4n) is 5.79. The van der Waals surface area contributed by atoms with Crippen molar-refractivity contribution in [2.75, 3.05) is 52.5 Å². The minimum atomic E-state index is -4.71. The minimum absolute atomic E-state index is 0.0114. The van der Waals surface area contributed by atoms with Crippen LogP contribution in [0, 0.1) is 0 Å². The van der Waals surface area contributed by atoms with Gasteiger partial charge < -0.3 is 20.3 Å². The predicted octanol–water partition coefficient (Wildman–Crippen LogP) is 3.11. The number of carbonyl (C=O) groups excluding carboxylic acids is 3. The van der Waals surface area contributed by atoms with Gasteiger partial charge in [-0.15, -0.1) is 6.58 Å². The zero-order chi connectivity index (χ0) is 30.6. The van der Waals surface area contributed by atoms with E-state index in [-0.39, 0.29) is 42.3 Å². The van der Waals surface area contributed by atoms with Crippen LogP contribution in [0.5, 0.6) is 0 Å². The Balaban J connectivity index is 1.47. The first-order chi connectivity index (χ1) is 20.7. The van der Waals surface area contributed by atoms with Crippen molar-refractivity contribution in [2.45, 2.75) is 24.7 Å². The van der Waals surface area contributed by atoms with Crippen LogP contribution in [0.25, 0.3) is 0 Å². The number of alkyl halides is 3. The topological polar surface area (TPSA) is 94.2 Å². The zero-order valence-corrected chi connectivity index (χ0v) is 23.6. The van der Waals surface area contributed by atoms with Gasteiger partial charge in [0.25, 0.3) is 5.91 Å². The predicted molar refractivity (Wildman–Crippen MR) is 153 cm³/mol. The Kier molecular flexibility index (Phi) is 9.16. The molecule has 43 heavy (non-hydrogen) atoms. The van der Waals surface area contributed by atoms with Crippen molar-refractivity contribution in [1.29, 1.82) is 0 Å². The number of morpholine rings is 1. The number of carbonyl (C=O) groups is 3. The molecule has 0 bridgehead atoms. The Morgan fingerprint density at radius 2 is 1.79 bits per heavy atom. The van der Waals surface area contributed by atoms with E-state index in [4.69, 9.17) is 4.74 Å². The van der Waals surface area contributed by atoms with Gasteiger partial charge in [0, 0.05) is 39.1 Å². The maximum atomic E-state index is 14.2. The van der Waals surface area contributed by atoms with Crippen LogP contribution in [0.2, 0.25) is 0 Å². The van der Waals surface area contributed by atoms with E-state index in [1.54, 1.807) is 0 Å². The van der Waals surface area contributed by atoms with E-state index in [1.165, 1.54) is 34.1 Å². The molecule has 0 spiro atoms. The maximum absolute atomic E-state index is 14.2. The number of amides is 4. The average molecular weight is 598 g/mol. The molecule has 2 aromatic carbocycles. The van der Waals surface area contributed by atoms with E-state index in [9.17, 15) is 27.6 Å². The average Bonchev–Trinajstić information content (AvgIpc) is 3.34. The van der Waals surface area contributed by atoms with Gasteiger partial charge in [-0.05, 0) is 17.2 Å². The molecule has 3 aliphatic heterocycles. The van der Waals surface area contributed by atoms with Crippen LogP contribution in [-0.2, 0) is 26.9 Å². The second-order valence-electron chi connectivity index (χ2n) is 10.6. The first kappa shape index (κ1) is 30.3. The molecule has 0 radical (unpaired) electrons. The van der Waals surface area contributed by atoms with E-state index in [2.05, 4.69) is 22.1 Å². The summed E-state index contributed by atoms with van der Waals surface area (Å²) in [6.07, 6.45) is -3.05. The van der Waals surface area contributed by atoms with Crippen molar-refractivity contribution in [2.24, 2.45) is 0 Å². The Labute approximate surface area is 247 Å². The lowest BCUT2D eigenvalue weighted by molar-refractivity contribution is -0.138. The molecule has 1 fully saturated rings. The zero-order valence-electron chi connectivity index (χ0n) is 23.6. The van der Waals surface area contributed by atoms with Gasteiger partial charge in [-0.25, -0.2) is 4.79 Å². The molecule has 228 valence electrons. The molecule has 12 heteroatoms. The van der Waals surface area contributed by atoms with Crippen molar-refractivity contribution in [3.05, 3.63) is 95.2 Å². The van der Waals surface area contributed by atoms with Crippen molar-refractivity contribution in [3.8, 4) is 0 Å². The number of urea groups is 1. The van der Waals surface area contributed by atoms with Gasteiger partial charge >= 0.3 is 12.2 Å². The van der Waals surface area contributed by atoms with Crippen LogP contribution < -0.4 is 10.6 Å². The number of nitrogens with zero attached hydrogens (tertiary/aromatic N) is 3. The summed E-state index contributed by atoms with van der Waals surface area (Å²) in [4.78, 5) is 45.9. The molecule has 0 aliphatic carbocycles. The summed E-state index contributed by atoms with van der Waals surface area (Å²) in [5.41, 5.74) is -0.104. The largest absolute Gasteiger partial charge is 0.416 e. The highest BCUT2D eigenvalue weighted by atomic mass is 19.4. The van der Waals surface area contributed by atoms with Crippen molar-refractivity contribution < 1.29 is 32.3 Å². The molecular formula is C31H34F3N5O4. The Morgan fingerprint density at radius 3 is 2.49 bits per heavy atom.